The zero-order chi connectivity index (χ0) is 11.7. The van der Waals surface area contributed by atoms with Crippen molar-refractivity contribution < 1.29 is 13.6 Å². The van der Waals surface area contributed by atoms with Crippen LogP contribution in [0, 0.1) is 12.7 Å². The van der Waals surface area contributed by atoms with Gasteiger partial charge in [-0.2, -0.15) is 0 Å². The van der Waals surface area contributed by atoms with Crippen molar-refractivity contribution >= 4 is 21.7 Å². The van der Waals surface area contributed by atoms with Crippen LogP contribution in [0.3, 0.4) is 0 Å². The summed E-state index contributed by atoms with van der Waals surface area (Å²) in [6.45, 7) is 1.76. The molecule has 1 aromatic carbocycles. The minimum atomic E-state index is -0.423. The largest absolute Gasteiger partial charge is 0.457 e. The lowest BCUT2D eigenvalue weighted by atomic mass is 10.0. The molecule has 1 heterocycles. The van der Waals surface area contributed by atoms with Gasteiger partial charge in [0.25, 0.3) is 0 Å². The lowest BCUT2D eigenvalue weighted by Gasteiger charge is -2.03. The molecular weight excluding hydrogens is 275 g/mol. The van der Waals surface area contributed by atoms with Gasteiger partial charge in [0.05, 0.1) is 11.8 Å². The monoisotopic (exact) mass is 282 g/mol. The number of halogens is 2. The standard InChI is InChI=1S/C12H8BrFO2/c1-7-2-3-8(14)6-10(7)11(15)9-4-5-16-12(9)13/h2-6H,1H3. The summed E-state index contributed by atoms with van der Waals surface area (Å²) < 4.78 is 18.4. The van der Waals surface area contributed by atoms with Gasteiger partial charge >= 0.3 is 0 Å². The molecule has 2 rings (SSSR count). The average Bonchev–Trinajstić information content (AvgIpc) is 2.67. The van der Waals surface area contributed by atoms with Gasteiger partial charge in [0.2, 0.25) is 0 Å². The van der Waals surface area contributed by atoms with Gasteiger partial charge in [0, 0.05) is 5.56 Å². The highest BCUT2D eigenvalue weighted by Gasteiger charge is 2.17. The summed E-state index contributed by atoms with van der Waals surface area (Å²) in [5.74, 6) is -0.675. The Balaban J connectivity index is 2.49. The Kier molecular flexibility index (Phi) is 2.92. The number of hydrogen-bond donors (Lipinski definition) is 0. The fourth-order valence-electron chi connectivity index (χ4n) is 1.44. The molecule has 0 bridgehead atoms. The number of rotatable bonds is 2. The first kappa shape index (κ1) is 11.1. The first-order valence-corrected chi connectivity index (χ1v) is 5.42. The van der Waals surface area contributed by atoms with E-state index in [-0.39, 0.29) is 5.78 Å². The summed E-state index contributed by atoms with van der Waals surface area (Å²) in [6.07, 6.45) is 1.41. The molecule has 0 saturated carbocycles. The number of hydrogen-bond acceptors (Lipinski definition) is 2. The SMILES string of the molecule is Cc1ccc(F)cc1C(=O)c1ccoc1Br. The van der Waals surface area contributed by atoms with Crippen LogP contribution in [0.15, 0.2) is 39.6 Å². The number of furan rings is 1. The maximum atomic E-state index is 13.1. The van der Waals surface area contributed by atoms with Crippen molar-refractivity contribution in [2.24, 2.45) is 0 Å². The summed E-state index contributed by atoms with van der Waals surface area (Å²) in [5, 5.41) is 0. The Morgan fingerprint density at radius 3 is 2.69 bits per heavy atom. The van der Waals surface area contributed by atoms with E-state index in [1.165, 1.54) is 18.4 Å². The Hall–Kier alpha value is -1.42. The molecule has 2 aromatic rings. The van der Waals surface area contributed by atoms with Crippen LogP contribution in [-0.4, -0.2) is 5.78 Å². The Bertz CT molecular complexity index is 546. The molecule has 2 nitrogen and oxygen atoms in total. The molecule has 0 atom stereocenters. The predicted octanol–water partition coefficient (Wildman–Crippen LogP) is 3.72. The third-order valence-electron chi connectivity index (χ3n) is 2.31. The van der Waals surface area contributed by atoms with E-state index in [4.69, 9.17) is 4.42 Å². The van der Waals surface area contributed by atoms with E-state index >= 15 is 0 Å². The maximum absolute atomic E-state index is 13.1. The lowest BCUT2D eigenvalue weighted by Crippen LogP contribution is -2.03. The molecule has 0 aliphatic heterocycles. The molecule has 16 heavy (non-hydrogen) atoms. The second-order valence-corrected chi connectivity index (χ2v) is 4.12. The Morgan fingerprint density at radius 2 is 2.06 bits per heavy atom. The van der Waals surface area contributed by atoms with Gasteiger partial charge in [0.1, 0.15) is 5.82 Å². The zero-order valence-electron chi connectivity index (χ0n) is 8.46. The quantitative estimate of drug-likeness (QED) is 0.786. The molecule has 82 valence electrons. The van der Waals surface area contributed by atoms with Crippen molar-refractivity contribution in [3.05, 3.63) is 57.7 Å². The molecule has 0 fully saturated rings. The normalized spacial score (nSPS) is 10.4. The molecule has 0 radical (unpaired) electrons. The minimum absolute atomic E-state index is 0.252. The van der Waals surface area contributed by atoms with Crippen LogP contribution in [-0.2, 0) is 0 Å². The predicted molar refractivity (Wildman–Crippen MR) is 61.0 cm³/mol. The van der Waals surface area contributed by atoms with Crippen molar-refractivity contribution in [1.29, 1.82) is 0 Å². The first-order chi connectivity index (χ1) is 7.59. The van der Waals surface area contributed by atoms with Gasteiger partial charge in [-0.25, -0.2) is 4.39 Å². The number of benzene rings is 1. The van der Waals surface area contributed by atoms with E-state index in [2.05, 4.69) is 15.9 Å². The van der Waals surface area contributed by atoms with Gasteiger partial charge < -0.3 is 4.42 Å². The zero-order valence-corrected chi connectivity index (χ0v) is 10.0. The van der Waals surface area contributed by atoms with Crippen LogP contribution in [0.4, 0.5) is 4.39 Å². The highest BCUT2D eigenvalue weighted by atomic mass is 79.9. The summed E-state index contributed by atoms with van der Waals surface area (Å²) in [4.78, 5) is 12.0. The molecule has 1 aromatic heterocycles. The number of ketones is 1. The third-order valence-corrected chi connectivity index (χ3v) is 2.92. The fraction of sp³-hybridized carbons (Fsp3) is 0.0833. The van der Waals surface area contributed by atoms with Crippen LogP contribution < -0.4 is 0 Å². The molecule has 0 spiro atoms. The molecule has 0 N–H and O–H groups in total. The van der Waals surface area contributed by atoms with E-state index in [9.17, 15) is 9.18 Å². The van der Waals surface area contributed by atoms with E-state index in [0.29, 0.717) is 15.8 Å². The van der Waals surface area contributed by atoms with E-state index in [0.717, 1.165) is 5.56 Å². The molecule has 0 aliphatic carbocycles. The van der Waals surface area contributed by atoms with Crippen LogP contribution in [0.2, 0.25) is 0 Å². The van der Waals surface area contributed by atoms with Crippen LogP contribution in [0.5, 0.6) is 0 Å². The van der Waals surface area contributed by atoms with Crippen molar-refractivity contribution in [2.75, 3.05) is 0 Å². The Morgan fingerprint density at radius 1 is 1.31 bits per heavy atom. The van der Waals surface area contributed by atoms with Crippen LogP contribution >= 0.6 is 15.9 Å². The van der Waals surface area contributed by atoms with Crippen molar-refractivity contribution in [3.63, 3.8) is 0 Å². The molecule has 0 amide bonds. The van der Waals surface area contributed by atoms with E-state index < -0.39 is 5.82 Å². The first-order valence-electron chi connectivity index (χ1n) is 4.63. The highest BCUT2D eigenvalue weighted by molar-refractivity contribution is 9.10. The van der Waals surface area contributed by atoms with Gasteiger partial charge in [-0.3, -0.25) is 4.79 Å². The summed E-state index contributed by atoms with van der Waals surface area (Å²) in [7, 11) is 0. The number of carbonyl (C=O) groups is 1. The Labute approximate surface area is 100 Å². The van der Waals surface area contributed by atoms with Gasteiger partial charge in [0.15, 0.2) is 10.5 Å². The summed E-state index contributed by atoms with van der Waals surface area (Å²) in [5.41, 5.74) is 1.48. The van der Waals surface area contributed by atoms with Gasteiger partial charge in [-0.15, -0.1) is 0 Å². The summed E-state index contributed by atoms with van der Waals surface area (Å²) in [6, 6.07) is 5.70. The highest BCUT2D eigenvalue weighted by Crippen LogP contribution is 2.22. The second-order valence-electron chi connectivity index (χ2n) is 3.40. The van der Waals surface area contributed by atoms with Gasteiger partial charge in [-0.1, -0.05) is 6.07 Å². The minimum Gasteiger partial charge on any atom is -0.457 e. The topological polar surface area (TPSA) is 30.2 Å². The molecular formula is C12H8BrFO2. The van der Waals surface area contributed by atoms with Crippen molar-refractivity contribution in [3.8, 4) is 0 Å². The lowest BCUT2D eigenvalue weighted by molar-refractivity contribution is 0.103. The average molecular weight is 283 g/mol. The second kappa shape index (κ2) is 4.22. The van der Waals surface area contributed by atoms with Crippen molar-refractivity contribution in [2.45, 2.75) is 6.92 Å². The smallest absolute Gasteiger partial charge is 0.197 e. The summed E-state index contributed by atoms with van der Waals surface area (Å²) >= 11 is 3.13. The molecule has 0 unspecified atom stereocenters. The third kappa shape index (κ3) is 1.93. The number of aryl methyl sites for hydroxylation is 1. The number of carbonyl (C=O) groups excluding carboxylic acids is 1. The van der Waals surface area contributed by atoms with Crippen molar-refractivity contribution in [1.82, 2.24) is 0 Å². The molecule has 4 heteroatoms. The van der Waals surface area contributed by atoms with E-state index in [1.807, 2.05) is 0 Å². The molecule has 0 aliphatic rings. The maximum Gasteiger partial charge on any atom is 0.197 e. The van der Waals surface area contributed by atoms with Crippen LogP contribution in [0.1, 0.15) is 21.5 Å². The van der Waals surface area contributed by atoms with Crippen LogP contribution in [0.25, 0.3) is 0 Å². The molecule has 0 saturated heterocycles. The van der Waals surface area contributed by atoms with E-state index in [1.54, 1.807) is 19.1 Å². The van der Waals surface area contributed by atoms with Gasteiger partial charge in [-0.05, 0) is 46.6 Å². The fourth-order valence-corrected chi connectivity index (χ4v) is 1.86.